The molecule has 1 atom stereocenters. The van der Waals surface area contributed by atoms with E-state index in [9.17, 15) is 0 Å². The fourth-order valence-corrected chi connectivity index (χ4v) is 3.50. The van der Waals surface area contributed by atoms with E-state index in [2.05, 4.69) is 31.4 Å². The summed E-state index contributed by atoms with van der Waals surface area (Å²) in [4.78, 5) is 15.7. The number of anilines is 1. The molecule has 3 aromatic heterocycles. The van der Waals surface area contributed by atoms with Crippen LogP contribution in [0, 0.1) is 0 Å². The SMILES string of the molecule is COCCNc1ncccc1-c1noc([C@@H]2CCCN2Cc2cccnc2)n1. The van der Waals surface area contributed by atoms with Gasteiger partial charge in [-0.3, -0.25) is 9.88 Å². The zero-order valence-electron chi connectivity index (χ0n) is 15.9. The smallest absolute Gasteiger partial charge is 0.244 e. The Balaban J connectivity index is 1.51. The van der Waals surface area contributed by atoms with Crippen LogP contribution < -0.4 is 5.32 Å². The van der Waals surface area contributed by atoms with Crippen LogP contribution in [0.5, 0.6) is 0 Å². The zero-order valence-corrected chi connectivity index (χ0v) is 15.9. The lowest BCUT2D eigenvalue weighted by molar-refractivity contribution is 0.201. The fraction of sp³-hybridized carbons (Fsp3) is 0.400. The molecular weight excluding hydrogens is 356 g/mol. The van der Waals surface area contributed by atoms with Gasteiger partial charge in [-0.15, -0.1) is 0 Å². The number of likely N-dealkylation sites (tertiary alicyclic amines) is 1. The summed E-state index contributed by atoms with van der Waals surface area (Å²) >= 11 is 0. The fourth-order valence-electron chi connectivity index (χ4n) is 3.50. The third kappa shape index (κ3) is 4.18. The van der Waals surface area contributed by atoms with E-state index in [4.69, 9.17) is 14.2 Å². The van der Waals surface area contributed by atoms with Gasteiger partial charge < -0.3 is 14.6 Å². The van der Waals surface area contributed by atoms with E-state index in [0.717, 1.165) is 37.3 Å². The third-order valence-corrected chi connectivity index (χ3v) is 4.85. The van der Waals surface area contributed by atoms with Crippen LogP contribution in [0.15, 0.2) is 47.4 Å². The Kier molecular flexibility index (Phi) is 5.89. The highest BCUT2D eigenvalue weighted by atomic mass is 16.5. The second kappa shape index (κ2) is 8.90. The zero-order chi connectivity index (χ0) is 19.2. The summed E-state index contributed by atoms with van der Waals surface area (Å²) in [6.07, 6.45) is 7.56. The molecule has 1 fully saturated rings. The predicted octanol–water partition coefficient (Wildman–Crippen LogP) is 2.92. The number of hydrogen-bond acceptors (Lipinski definition) is 8. The maximum Gasteiger partial charge on any atom is 0.244 e. The minimum Gasteiger partial charge on any atom is -0.383 e. The summed E-state index contributed by atoms with van der Waals surface area (Å²) < 4.78 is 10.7. The van der Waals surface area contributed by atoms with E-state index < -0.39 is 0 Å². The average Bonchev–Trinajstić information content (AvgIpc) is 3.39. The molecule has 0 saturated carbocycles. The first-order chi connectivity index (χ1) is 13.8. The van der Waals surface area contributed by atoms with E-state index in [1.54, 1.807) is 19.5 Å². The van der Waals surface area contributed by atoms with Gasteiger partial charge in [-0.25, -0.2) is 4.98 Å². The second-order valence-corrected chi connectivity index (χ2v) is 6.77. The molecule has 0 unspecified atom stereocenters. The molecule has 3 aromatic rings. The molecule has 0 aliphatic carbocycles. The van der Waals surface area contributed by atoms with Crippen LogP contribution in [0.2, 0.25) is 0 Å². The van der Waals surface area contributed by atoms with Gasteiger partial charge in [0.15, 0.2) is 0 Å². The van der Waals surface area contributed by atoms with Gasteiger partial charge in [0.1, 0.15) is 5.82 Å². The molecule has 4 rings (SSSR count). The van der Waals surface area contributed by atoms with Crippen molar-refractivity contribution in [3.05, 3.63) is 54.3 Å². The molecule has 0 amide bonds. The standard InChI is InChI=1S/C20H24N6O2/c1-27-12-10-23-18-16(6-3-9-22-18)19-24-20(28-25-19)17-7-4-11-26(17)14-15-5-2-8-21-13-15/h2-3,5-6,8-9,13,17H,4,7,10-12,14H2,1H3,(H,22,23)/t17-/m0/s1. The topological polar surface area (TPSA) is 89.2 Å². The summed E-state index contributed by atoms with van der Waals surface area (Å²) in [6.45, 7) is 3.09. The second-order valence-electron chi connectivity index (χ2n) is 6.77. The quantitative estimate of drug-likeness (QED) is 0.597. The Morgan fingerprint density at radius 3 is 3.07 bits per heavy atom. The molecule has 1 aliphatic rings. The van der Waals surface area contributed by atoms with Gasteiger partial charge in [-0.1, -0.05) is 11.2 Å². The summed E-state index contributed by atoms with van der Waals surface area (Å²) in [5, 5.41) is 7.48. The van der Waals surface area contributed by atoms with E-state index in [1.165, 1.54) is 5.56 Å². The first kappa shape index (κ1) is 18.5. The number of ether oxygens (including phenoxy) is 1. The van der Waals surface area contributed by atoms with Crippen molar-refractivity contribution in [2.75, 3.05) is 32.1 Å². The van der Waals surface area contributed by atoms with Gasteiger partial charge in [-0.2, -0.15) is 4.98 Å². The van der Waals surface area contributed by atoms with Crippen molar-refractivity contribution >= 4 is 5.82 Å². The van der Waals surface area contributed by atoms with Crippen molar-refractivity contribution in [3.63, 3.8) is 0 Å². The summed E-state index contributed by atoms with van der Waals surface area (Å²) in [5.74, 6) is 1.94. The van der Waals surface area contributed by atoms with Gasteiger partial charge in [0.2, 0.25) is 11.7 Å². The minimum atomic E-state index is 0.128. The highest BCUT2D eigenvalue weighted by Crippen LogP contribution is 2.33. The molecule has 146 valence electrons. The first-order valence-electron chi connectivity index (χ1n) is 9.50. The molecule has 0 bridgehead atoms. The number of pyridine rings is 2. The maximum absolute atomic E-state index is 5.65. The highest BCUT2D eigenvalue weighted by Gasteiger charge is 2.31. The summed E-state index contributed by atoms with van der Waals surface area (Å²) in [6, 6.07) is 8.00. The van der Waals surface area contributed by atoms with Crippen LogP contribution in [-0.4, -0.2) is 51.8 Å². The van der Waals surface area contributed by atoms with Gasteiger partial charge in [-0.05, 0) is 43.1 Å². The molecule has 1 saturated heterocycles. The minimum absolute atomic E-state index is 0.128. The number of nitrogens with one attached hydrogen (secondary N) is 1. The van der Waals surface area contributed by atoms with Gasteiger partial charge >= 0.3 is 0 Å². The van der Waals surface area contributed by atoms with E-state index in [-0.39, 0.29) is 6.04 Å². The van der Waals surface area contributed by atoms with Gasteiger partial charge in [0.05, 0.1) is 18.2 Å². The molecule has 1 N–H and O–H groups in total. The molecule has 8 heteroatoms. The van der Waals surface area contributed by atoms with Crippen LogP contribution in [0.1, 0.15) is 30.3 Å². The molecular formula is C20H24N6O2. The molecule has 8 nitrogen and oxygen atoms in total. The van der Waals surface area contributed by atoms with Crippen molar-refractivity contribution in [3.8, 4) is 11.4 Å². The van der Waals surface area contributed by atoms with Crippen molar-refractivity contribution in [2.45, 2.75) is 25.4 Å². The average molecular weight is 380 g/mol. The van der Waals surface area contributed by atoms with E-state index in [0.29, 0.717) is 24.9 Å². The Labute approximate surface area is 164 Å². The van der Waals surface area contributed by atoms with Crippen molar-refractivity contribution in [1.82, 2.24) is 25.0 Å². The Morgan fingerprint density at radius 2 is 2.21 bits per heavy atom. The maximum atomic E-state index is 5.65. The lowest BCUT2D eigenvalue weighted by atomic mass is 10.2. The number of rotatable bonds is 8. The number of nitrogens with zero attached hydrogens (tertiary/aromatic N) is 5. The van der Waals surface area contributed by atoms with E-state index >= 15 is 0 Å². The lowest BCUT2D eigenvalue weighted by Gasteiger charge is -2.21. The van der Waals surface area contributed by atoms with Crippen molar-refractivity contribution in [2.24, 2.45) is 0 Å². The first-order valence-corrected chi connectivity index (χ1v) is 9.50. The van der Waals surface area contributed by atoms with Crippen LogP contribution >= 0.6 is 0 Å². The van der Waals surface area contributed by atoms with Crippen LogP contribution in [0.25, 0.3) is 11.4 Å². The third-order valence-electron chi connectivity index (χ3n) is 4.85. The molecule has 0 spiro atoms. The van der Waals surface area contributed by atoms with Crippen molar-refractivity contribution in [1.29, 1.82) is 0 Å². The molecule has 1 aliphatic heterocycles. The lowest BCUT2D eigenvalue weighted by Crippen LogP contribution is -2.23. The highest BCUT2D eigenvalue weighted by molar-refractivity contribution is 5.69. The number of hydrogen-bond donors (Lipinski definition) is 1. The normalized spacial score (nSPS) is 17.1. The predicted molar refractivity (Wildman–Crippen MR) is 105 cm³/mol. The monoisotopic (exact) mass is 380 g/mol. The largest absolute Gasteiger partial charge is 0.383 e. The summed E-state index contributed by atoms with van der Waals surface area (Å²) in [5.41, 5.74) is 2.01. The molecule has 0 radical (unpaired) electrons. The van der Waals surface area contributed by atoms with E-state index in [1.807, 2.05) is 24.4 Å². The van der Waals surface area contributed by atoms with Gasteiger partial charge in [0.25, 0.3) is 0 Å². The molecule has 4 heterocycles. The molecule has 0 aromatic carbocycles. The molecule has 28 heavy (non-hydrogen) atoms. The number of aromatic nitrogens is 4. The van der Waals surface area contributed by atoms with Crippen LogP contribution in [0.3, 0.4) is 0 Å². The Bertz CT molecular complexity index is 885. The van der Waals surface area contributed by atoms with Crippen molar-refractivity contribution < 1.29 is 9.26 Å². The van der Waals surface area contributed by atoms with Crippen LogP contribution in [-0.2, 0) is 11.3 Å². The Hall–Kier alpha value is -2.84. The Morgan fingerprint density at radius 1 is 1.29 bits per heavy atom. The number of methoxy groups -OCH3 is 1. The summed E-state index contributed by atoms with van der Waals surface area (Å²) in [7, 11) is 1.67. The van der Waals surface area contributed by atoms with Gasteiger partial charge in [0, 0.05) is 38.8 Å². The van der Waals surface area contributed by atoms with Crippen LogP contribution in [0.4, 0.5) is 5.82 Å².